The average molecular weight is 224 g/mol. The molecule has 1 N–H and O–H groups in total. The lowest BCUT2D eigenvalue weighted by atomic mass is 10.2. The molecule has 12 heavy (non-hydrogen) atoms. The van der Waals surface area contributed by atoms with E-state index in [0.717, 1.165) is 10.9 Å². The number of fused-ring (bicyclic) bond motifs is 1. The average Bonchev–Trinajstić information content (AvgIpc) is 2.47. The standard InChI is InChI=1S/C9H6BrNO/c10-9(12)7-5-11-8-4-2-1-3-6(7)8/h1-5,11H. The molecule has 1 heterocycles. The summed E-state index contributed by atoms with van der Waals surface area (Å²) in [4.78, 5) is 14.0. The molecule has 0 aliphatic heterocycles. The maximum atomic E-state index is 11.0. The zero-order valence-electron chi connectivity index (χ0n) is 6.17. The van der Waals surface area contributed by atoms with Crippen LogP contribution in [0.3, 0.4) is 0 Å². The number of H-pyrrole nitrogens is 1. The summed E-state index contributed by atoms with van der Waals surface area (Å²) in [6.45, 7) is 0. The molecule has 0 radical (unpaired) electrons. The van der Waals surface area contributed by atoms with Gasteiger partial charge in [0.05, 0.1) is 5.56 Å². The molecule has 0 unspecified atom stereocenters. The van der Waals surface area contributed by atoms with Crippen LogP contribution in [0.1, 0.15) is 10.4 Å². The maximum absolute atomic E-state index is 11.0. The highest BCUT2D eigenvalue weighted by atomic mass is 79.9. The number of benzene rings is 1. The van der Waals surface area contributed by atoms with Gasteiger partial charge in [-0.25, -0.2) is 0 Å². The van der Waals surface area contributed by atoms with Gasteiger partial charge in [0.2, 0.25) is 4.69 Å². The molecule has 0 saturated carbocycles. The lowest BCUT2D eigenvalue weighted by molar-refractivity contribution is 0.109. The molecule has 0 spiro atoms. The molecular formula is C9H6BrNO. The first-order chi connectivity index (χ1) is 5.79. The van der Waals surface area contributed by atoms with E-state index in [1.165, 1.54) is 0 Å². The Morgan fingerprint density at radius 2 is 2.08 bits per heavy atom. The molecule has 1 aromatic heterocycles. The summed E-state index contributed by atoms with van der Waals surface area (Å²) < 4.78 is -0.0834. The lowest BCUT2D eigenvalue weighted by Gasteiger charge is -1.89. The highest BCUT2D eigenvalue weighted by molar-refractivity contribution is 9.18. The summed E-state index contributed by atoms with van der Waals surface area (Å²) in [6, 6.07) is 7.70. The van der Waals surface area contributed by atoms with Gasteiger partial charge in [-0.3, -0.25) is 4.79 Å². The third kappa shape index (κ3) is 1.06. The Bertz CT molecular complexity index is 433. The highest BCUT2D eigenvalue weighted by Crippen LogP contribution is 2.19. The summed E-state index contributed by atoms with van der Waals surface area (Å²) in [6.07, 6.45) is 1.71. The second kappa shape index (κ2) is 2.75. The van der Waals surface area contributed by atoms with Gasteiger partial charge in [-0.05, 0) is 22.0 Å². The minimum atomic E-state index is -0.0834. The summed E-state index contributed by atoms with van der Waals surface area (Å²) >= 11 is 2.92. The fraction of sp³-hybridized carbons (Fsp3) is 0. The van der Waals surface area contributed by atoms with Gasteiger partial charge >= 0.3 is 0 Å². The molecule has 0 amide bonds. The predicted octanol–water partition coefficient (Wildman–Crippen LogP) is 2.70. The molecule has 0 bridgehead atoms. The van der Waals surface area contributed by atoms with E-state index in [4.69, 9.17) is 0 Å². The zero-order chi connectivity index (χ0) is 8.55. The van der Waals surface area contributed by atoms with Crippen molar-refractivity contribution in [2.45, 2.75) is 0 Å². The van der Waals surface area contributed by atoms with Gasteiger partial charge in [-0.2, -0.15) is 0 Å². The first-order valence-corrected chi connectivity index (χ1v) is 4.34. The Morgan fingerprint density at radius 3 is 2.83 bits per heavy atom. The van der Waals surface area contributed by atoms with Crippen LogP contribution in [0.5, 0.6) is 0 Å². The molecule has 60 valence electrons. The first kappa shape index (κ1) is 7.55. The molecular weight excluding hydrogens is 218 g/mol. The molecule has 0 saturated heterocycles. The predicted molar refractivity (Wildman–Crippen MR) is 51.6 cm³/mol. The van der Waals surface area contributed by atoms with Gasteiger partial charge in [0.1, 0.15) is 0 Å². The fourth-order valence-corrected chi connectivity index (χ4v) is 1.56. The Balaban J connectivity index is 2.79. The quantitative estimate of drug-likeness (QED) is 0.742. The molecule has 0 atom stereocenters. The topological polar surface area (TPSA) is 32.9 Å². The normalized spacial score (nSPS) is 10.4. The monoisotopic (exact) mass is 223 g/mol. The van der Waals surface area contributed by atoms with Crippen LogP contribution < -0.4 is 0 Å². The number of hydrogen-bond acceptors (Lipinski definition) is 1. The van der Waals surface area contributed by atoms with Gasteiger partial charge in [0.15, 0.2) is 0 Å². The van der Waals surface area contributed by atoms with E-state index in [0.29, 0.717) is 5.56 Å². The van der Waals surface area contributed by atoms with Crippen molar-refractivity contribution >= 4 is 31.5 Å². The Kier molecular flexibility index (Phi) is 1.73. The second-order valence-electron chi connectivity index (χ2n) is 2.52. The van der Waals surface area contributed by atoms with E-state index in [-0.39, 0.29) is 4.69 Å². The van der Waals surface area contributed by atoms with Crippen LogP contribution in [0.2, 0.25) is 0 Å². The van der Waals surface area contributed by atoms with Crippen molar-refractivity contribution in [1.82, 2.24) is 4.98 Å². The minimum absolute atomic E-state index is 0.0834. The van der Waals surface area contributed by atoms with E-state index >= 15 is 0 Å². The number of aromatic amines is 1. The van der Waals surface area contributed by atoms with E-state index in [9.17, 15) is 4.79 Å². The Labute approximate surface area is 77.7 Å². The van der Waals surface area contributed by atoms with Crippen LogP contribution in [0.4, 0.5) is 0 Å². The lowest BCUT2D eigenvalue weighted by Crippen LogP contribution is -1.83. The third-order valence-electron chi connectivity index (χ3n) is 1.80. The van der Waals surface area contributed by atoms with Crippen LogP contribution >= 0.6 is 15.9 Å². The van der Waals surface area contributed by atoms with Crippen molar-refractivity contribution in [3.05, 3.63) is 36.0 Å². The van der Waals surface area contributed by atoms with Crippen molar-refractivity contribution in [2.75, 3.05) is 0 Å². The van der Waals surface area contributed by atoms with E-state index in [1.807, 2.05) is 24.3 Å². The first-order valence-electron chi connectivity index (χ1n) is 3.55. The van der Waals surface area contributed by atoms with Crippen LogP contribution in [-0.4, -0.2) is 9.68 Å². The molecule has 1 aromatic carbocycles. The second-order valence-corrected chi connectivity index (χ2v) is 3.24. The molecule has 2 rings (SSSR count). The number of carbonyl (C=O) groups is 1. The van der Waals surface area contributed by atoms with Crippen molar-refractivity contribution in [3.8, 4) is 0 Å². The zero-order valence-corrected chi connectivity index (χ0v) is 7.76. The van der Waals surface area contributed by atoms with E-state index < -0.39 is 0 Å². The number of aromatic nitrogens is 1. The molecule has 2 aromatic rings. The molecule has 0 fully saturated rings. The van der Waals surface area contributed by atoms with Gasteiger partial charge in [-0.15, -0.1) is 0 Å². The number of rotatable bonds is 1. The number of hydrogen-bond donors (Lipinski definition) is 1. The molecule has 0 aliphatic rings. The molecule has 2 nitrogen and oxygen atoms in total. The minimum Gasteiger partial charge on any atom is -0.360 e. The maximum Gasteiger partial charge on any atom is 0.230 e. The van der Waals surface area contributed by atoms with Crippen LogP contribution in [0.25, 0.3) is 10.9 Å². The van der Waals surface area contributed by atoms with Crippen LogP contribution in [0.15, 0.2) is 30.5 Å². The number of carbonyl (C=O) groups excluding carboxylic acids is 1. The van der Waals surface area contributed by atoms with Gasteiger partial charge in [-0.1, -0.05) is 18.2 Å². The van der Waals surface area contributed by atoms with Gasteiger partial charge in [0, 0.05) is 17.1 Å². The van der Waals surface area contributed by atoms with Crippen molar-refractivity contribution in [2.24, 2.45) is 0 Å². The number of halogens is 1. The van der Waals surface area contributed by atoms with Gasteiger partial charge < -0.3 is 4.98 Å². The van der Waals surface area contributed by atoms with Crippen molar-refractivity contribution in [1.29, 1.82) is 0 Å². The summed E-state index contributed by atoms with van der Waals surface area (Å²) in [5.74, 6) is 0. The summed E-state index contributed by atoms with van der Waals surface area (Å²) in [5.41, 5.74) is 1.67. The van der Waals surface area contributed by atoms with E-state index in [1.54, 1.807) is 6.20 Å². The Morgan fingerprint density at radius 1 is 1.33 bits per heavy atom. The number of nitrogens with one attached hydrogen (secondary N) is 1. The highest BCUT2D eigenvalue weighted by Gasteiger charge is 2.06. The van der Waals surface area contributed by atoms with Gasteiger partial charge in [0.25, 0.3) is 0 Å². The van der Waals surface area contributed by atoms with Crippen molar-refractivity contribution in [3.63, 3.8) is 0 Å². The smallest absolute Gasteiger partial charge is 0.230 e. The number of para-hydroxylation sites is 1. The molecule has 0 aliphatic carbocycles. The Hall–Kier alpha value is -1.09. The SMILES string of the molecule is O=C(Br)c1c[nH]c2ccccc12. The van der Waals surface area contributed by atoms with Crippen LogP contribution in [0, 0.1) is 0 Å². The van der Waals surface area contributed by atoms with E-state index in [2.05, 4.69) is 20.9 Å². The summed E-state index contributed by atoms with van der Waals surface area (Å²) in [5, 5.41) is 0.958. The van der Waals surface area contributed by atoms with Crippen molar-refractivity contribution < 1.29 is 4.79 Å². The summed E-state index contributed by atoms with van der Waals surface area (Å²) in [7, 11) is 0. The molecule has 3 heteroatoms. The fourth-order valence-electron chi connectivity index (χ4n) is 1.23. The van der Waals surface area contributed by atoms with Crippen LogP contribution in [-0.2, 0) is 0 Å². The third-order valence-corrected chi connectivity index (χ3v) is 2.23. The largest absolute Gasteiger partial charge is 0.360 e.